The van der Waals surface area contributed by atoms with Crippen LogP contribution >= 0.6 is 0 Å². The third-order valence-electron chi connectivity index (χ3n) is 2.30. The second-order valence-electron chi connectivity index (χ2n) is 4.03. The van der Waals surface area contributed by atoms with Gasteiger partial charge in [0.1, 0.15) is 6.04 Å². The highest BCUT2D eigenvalue weighted by Crippen LogP contribution is 2.00. The summed E-state index contributed by atoms with van der Waals surface area (Å²) in [4.78, 5) is 44.2. The van der Waals surface area contributed by atoms with Gasteiger partial charge in [-0.2, -0.15) is 0 Å². The molecule has 0 radical (unpaired) electrons. The monoisotopic (exact) mass is 288 g/mol. The summed E-state index contributed by atoms with van der Waals surface area (Å²) in [6.07, 6.45) is -0.153. The summed E-state index contributed by atoms with van der Waals surface area (Å²) in [5.41, 5.74) is 0. The highest BCUT2D eigenvalue weighted by molar-refractivity contribution is 5.84. The quantitative estimate of drug-likeness (QED) is 0.488. The van der Waals surface area contributed by atoms with Gasteiger partial charge in [0.15, 0.2) is 0 Å². The maximum atomic E-state index is 11.5. The summed E-state index contributed by atoms with van der Waals surface area (Å²) >= 11 is 0. The third kappa shape index (κ3) is 8.90. The number of carbonyl (C=O) groups excluding carboxylic acids is 3. The molecule has 0 aromatic heterocycles. The van der Waals surface area contributed by atoms with Gasteiger partial charge in [-0.15, -0.1) is 0 Å². The number of rotatable bonds is 9. The van der Waals surface area contributed by atoms with Crippen molar-refractivity contribution in [3.05, 3.63) is 0 Å². The highest BCUT2D eigenvalue weighted by Gasteiger charge is 2.21. The average Bonchev–Trinajstić information content (AvgIpc) is 2.33. The van der Waals surface area contributed by atoms with E-state index in [1.165, 1.54) is 6.92 Å². The topological polar surface area (TPSA) is 122 Å². The summed E-state index contributed by atoms with van der Waals surface area (Å²) in [6.45, 7) is 3.32. The lowest BCUT2D eigenvalue weighted by atomic mass is 10.1. The molecule has 20 heavy (non-hydrogen) atoms. The highest BCUT2D eigenvalue weighted by atomic mass is 16.5. The SMILES string of the molecule is CCOC(=O)CC[C@H](NC(=O)CCNC(C)=O)C(=O)O. The van der Waals surface area contributed by atoms with Gasteiger partial charge in [0.2, 0.25) is 11.8 Å². The number of hydrogen-bond acceptors (Lipinski definition) is 5. The van der Waals surface area contributed by atoms with E-state index >= 15 is 0 Å². The van der Waals surface area contributed by atoms with E-state index in [2.05, 4.69) is 15.4 Å². The number of carbonyl (C=O) groups is 4. The van der Waals surface area contributed by atoms with Crippen molar-refractivity contribution < 1.29 is 29.0 Å². The number of esters is 1. The van der Waals surface area contributed by atoms with Crippen LogP contribution in [-0.4, -0.2) is 48.1 Å². The van der Waals surface area contributed by atoms with Crippen molar-refractivity contribution in [2.45, 2.75) is 39.2 Å². The molecule has 114 valence electrons. The fourth-order valence-electron chi connectivity index (χ4n) is 1.37. The van der Waals surface area contributed by atoms with Crippen LogP contribution in [-0.2, 0) is 23.9 Å². The molecule has 0 aromatic carbocycles. The van der Waals surface area contributed by atoms with Gasteiger partial charge in [0.05, 0.1) is 6.61 Å². The molecule has 0 fully saturated rings. The van der Waals surface area contributed by atoms with Crippen LogP contribution < -0.4 is 10.6 Å². The molecule has 0 aliphatic rings. The first-order valence-corrected chi connectivity index (χ1v) is 6.29. The molecule has 3 N–H and O–H groups in total. The van der Waals surface area contributed by atoms with Crippen molar-refractivity contribution >= 4 is 23.8 Å². The number of ether oxygens (including phenoxy) is 1. The molecule has 0 saturated carbocycles. The van der Waals surface area contributed by atoms with E-state index in [-0.39, 0.29) is 38.3 Å². The minimum absolute atomic E-state index is 0.0250. The fourth-order valence-corrected chi connectivity index (χ4v) is 1.37. The smallest absolute Gasteiger partial charge is 0.326 e. The maximum absolute atomic E-state index is 11.5. The number of aliphatic carboxylic acids is 1. The zero-order valence-electron chi connectivity index (χ0n) is 11.6. The van der Waals surface area contributed by atoms with E-state index in [9.17, 15) is 19.2 Å². The van der Waals surface area contributed by atoms with Crippen LogP contribution in [0.4, 0.5) is 0 Å². The van der Waals surface area contributed by atoms with Crippen molar-refractivity contribution in [3.8, 4) is 0 Å². The molecule has 0 aliphatic heterocycles. The van der Waals surface area contributed by atoms with E-state index in [1.54, 1.807) is 6.92 Å². The first-order chi connectivity index (χ1) is 9.36. The van der Waals surface area contributed by atoms with Crippen LogP contribution in [0.3, 0.4) is 0 Å². The fraction of sp³-hybridized carbons (Fsp3) is 0.667. The normalized spacial score (nSPS) is 11.3. The molecule has 8 heteroatoms. The lowest BCUT2D eigenvalue weighted by Crippen LogP contribution is -2.42. The summed E-state index contributed by atoms with van der Waals surface area (Å²) in [6, 6.07) is -1.15. The van der Waals surface area contributed by atoms with Crippen LogP contribution in [0, 0.1) is 0 Å². The Labute approximate surface area is 116 Å². The standard InChI is InChI=1S/C12H20N2O6/c1-3-20-11(17)5-4-9(12(18)19)14-10(16)6-7-13-8(2)15/h9H,3-7H2,1-2H3,(H,13,15)(H,14,16)(H,18,19)/t9-/m0/s1. The molecule has 0 bridgehead atoms. The van der Waals surface area contributed by atoms with Crippen molar-refractivity contribution in [2.75, 3.05) is 13.2 Å². The predicted molar refractivity (Wildman–Crippen MR) is 68.7 cm³/mol. The molecule has 0 unspecified atom stereocenters. The van der Waals surface area contributed by atoms with Crippen molar-refractivity contribution in [1.82, 2.24) is 10.6 Å². The van der Waals surface area contributed by atoms with Gasteiger partial charge < -0.3 is 20.5 Å². The van der Waals surface area contributed by atoms with Crippen molar-refractivity contribution in [3.63, 3.8) is 0 Å². The predicted octanol–water partition coefficient (Wildman–Crippen LogP) is -0.575. The molecule has 1 atom stereocenters. The van der Waals surface area contributed by atoms with Crippen LogP contribution in [0.5, 0.6) is 0 Å². The first kappa shape index (κ1) is 17.9. The zero-order chi connectivity index (χ0) is 15.5. The van der Waals surface area contributed by atoms with Crippen LogP contribution in [0.1, 0.15) is 33.1 Å². The molecule has 0 saturated heterocycles. The van der Waals surface area contributed by atoms with Gasteiger partial charge in [-0.3, -0.25) is 14.4 Å². The summed E-state index contributed by atoms with van der Waals surface area (Å²) in [5.74, 6) is -2.50. The first-order valence-electron chi connectivity index (χ1n) is 6.29. The van der Waals surface area contributed by atoms with E-state index in [4.69, 9.17) is 5.11 Å². The lowest BCUT2D eigenvalue weighted by molar-refractivity contribution is -0.145. The largest absolute Gasteiger partial charge is 0.480 e. The summed E-state index contributed by atoms with van der Waals surface area (Å²) < 4.78 is 4.68. The Morgan fingerprint density at radius 3 is 2.35 bits per heavy atom. The summed E-state index contributed by atoms with van der Waals surface area (Å²) in [5, 5.41) is 13.7. The minimum Gasteiger partial charge on any atom is -0.480 e. The zero-order valence-corrected chi connectivity index (χ0v) is 11.6. The van der Waals surface area contributed by atoms with Gasteiger partial charge in [-0.1, -0.05) is 0 Å². The molecule has 8 nitrogen and oxygen atoms in total. The molecule has 2 amide bonds. The van der Waals surface area contributed by atoms with Crippen LogP contribution in [0.15, 0.2) is 0 Å². The van der Waals surface area contributed by atoms with Gasteiger partial charge in [0, 0.05) is 26.3 Å². The van der Waals surface area contributed by atoms with Crippen LogP contribution in [0.2, 0.25) is 0 Å². The Hall–Kier alpha value is -2.12. The molecule has 0 rings (SSSR count). The lowest BCUT2D eigenvalue weighted by Gasteiger charge is -2.14. The number of carboxylic acid groups (broad SMARTS) is 1. The second kappa shape index (κ2) is 9.76. The third-order valence-corrected chi connectivity index (χ3v) is 2.30. The Morgan fingerprint density at radius 2 is 1.85 bits per heavy atom. The molecular formula is C12H20N2O6. The minimum atomic E-state index is -1.22. The molecule has 0 aromatic rings. The molecule has 0 heterocycles. The Bertz CT molecular complexity index is 369. The average molecular weight is 288 g/mol. The number of carboxylic acids is 1. The van der Waals surface area contributed by atoms with Crippen molar-refractivity contribution in [1.29, 1.82) is 0 Å². The van der Waals surface area contributed by atoms with E-state index < -0.39 is 23.9 Å². The maximum Gasteiger partial charge on any atom is 0.326 e. The van der Waals surface area contributed by atoms with Gasteiger partial charge in [-0.25, -0.2) is 4.79 Å². The van der Waals surface area contributed by atoms with E-state index in [0.717, 1.165) is 0 Å². The van der Waals surface area contributed by atoms with E-state index in [1.807, 2.05) is 0 Å². The number of amides is 2. The Kier molecular flexibility index (Phi) is 8.73. The Balaban J connectivity index is 4.13. The van der Waals surface area contributed by atoms with Gasteiger partial charge in [0.25, 0.3) is 0 Å². The number of hydrogen-bond donors (Lipinski definition) is 3. The molecule has 0 spiro atoms. The van der Waals surface area contributed by atoms with E-state index in [0.29, 0.717) is 0 Å². The van der Waals surface area contributed by atoms with Gasteiger partial charge >= 0.3 is 11.9 Å². The second-order valence-corrected chi connectivity index (χ2v) is 4.03. The summed E-state index contributed by atoms with van der Waals surface area (Å²) in [7, 11) is 0. The van der Waals surface area contributed by atoms with Crippen LogP contribution in [0.25, 0.3) is 0 Å². The Morgan fingerprint density at radius 1 is 1.20 bits per heavy atom. The van der Waals surface area contributed by atoms with Gasteiger partial charge in [-0.05, 0) is 13.3 Å². The number of nitrogens with one attached hydrogen (secondary N) is 2. The van der Waals surface area contributed by atoms with Crippen molar-refractivity contribution in [2.24, 2.45) is 0 Å². The molecule has 0 aliphatic carbocycles. The molecular weight excluding hydrogens is 268 g/mol.